The van der Waals surface area contributed by atoms with Gasteiger partial charge in [-0.2, -0.15) is 12.7 Å². The van der Waals surface area contributed by atoms with Gasteiger partial charge < -0.3 is 4.74 Å². The lowest BCUT2D eigenvalue weighted by atomic mass is 9.94. The summed E-state index contributed by atoms with van der Waals surface area (Å²) in [5.41, 5.74) is 0.826. The Balaban J connectivity index is 1.48. The van der Waals surface area contributed by atoms with Crippen LogP contribution in [0.15, 0.2) is 36.5 Å². The molecule has 26 heavy (non-hydrogen) atoms. The molecule has 1 aromatic heterocycles. The molecule has 1 saturated heterocycles. The third-order valence-electron chi connectivity index (χ3n) is 4.63. The van der Waals surface area contributed by atoms with Crippen LogP contribution in [-0.2, 0) is 10.2 Å². The molecular weight excluding hydrogens is 350 g/mol. The van der Waals surface area contributed by atoms with E-state index in [0.29, 0.717) is 44.5 Å². The van der Waals surface area contributed by atoms with E-state index in [1.54, 1.807) is 10.5 Å². The predicted octanol–water partition coefficient (Wildman–Crippen LogP) is 2.82. The molecular formula is C19H27N3O3S. The molecule has 2 atom stereocenters. The number of aromatic nitrogens is 1. The van der Waals surface area contributed by atoms with Gasteiger partial charge in [0, 0.05) is 31.2 Å². The highest BCUT2D eigenvalue weighted by Gasteiger charge is 2.29. The monoisotopic (exact) mass is 377 g/mol. The molecule has 142 valence electrons. The van der Waals surface area contributed by atoms with Crippen molar-refractivity contribution in [2.24, 2.45) is 11.8 Å². The third kappa shape index (κ3) is 4.72. The first kappa shape index (κ1) is 19.1. The molecule has 0 bridgehead atoms. The summed E-state index contributed by atoms with van der Waals surface area (Å²) in [7, 11) is -3.41. The molecule has 2 aromatic rings. The van der Waals surface area contributed by atoms with Gasteiger partial charge in [-0.1, -0.05) is 32.0 Å². The van der Waals surface area contributed by atoms with E-state index < -0.39 is 10.2 Å². The van der Waals surface area contributed by atoms with Gasteiger partial charge in [0.25, 0.3) is 10.2 Å². The number of pyridine rings is 1. The second-order valence-electron chi connectivity index (χ2n) is 7.20. The van der Waals surface area contributed by atoms with Gasteiger partial charge >= 0.3 is 0 Å². The summed E-state index contributed by atoms with van der Waals surface area (Å²) in [5.74, 6) is 1.53. The van der Waals surface area contributed by atoms with Gasteiger partial charge in [0.05, 0.1) is 6.61 Å². The molecule has 0 aliphatic carbocycles. The fraction of sp³-hybridized carbons (Fsp3) is 0.526. The lowest BCUT2D eigenvalue weighted by Gasteiger charge is -2.33. The van der Waals surface area contributed by atoms with Gasteiger partial charge in [-0.15, -0.1) is 0 Å². The topological polar surface area (TPSA) is 71.5 Å². The van der Waals surface area contributed by atoms with Crippen LogP contribution in [0.5, 0.6) is 5.75 Å². The van der Waals surface area contributed by atoms with E-state index >= 15 is 0 Å². The number of hydrogen-bond acceptors (Lipinski definition) is 4. The maximum Gasteiger partial charge on any atom is 0.279 e. The first-order valence-electron chi connectivity index (χ1n) is 9.17. The van der Waals surface area contributed by atoms with Crippen molar-refractivity contribution < 1.29 is 13.2 Å². The standard InChI is InChI=1S/C19H27N3O3S/c1-15-12-16(2)14-22(13-15)26(23,24)21-10-5-11-25-18-8-3-6-17-7-4-9-20-19(17)18/h3-4,6-9,15-16,21H,5,10-14H2,1-2H3. The molecule has 1 fully saturated rings. The normalized spacial score (nSPS) is 21.8. The van der Waals surface area contributed by atoms with Crippen molar-refractivity contribution in [2.45, 2.75) is 26.7 Å². The smallest absolute Gasteiger partial charge is 0.279 e. The van der Waals surface area contributed by atoms with Crippen LogP contribution < -0.4 is 9.46 Å². The Kier molecular flexibility index (Phi) is 6.11. The second-order valence-corrected chi connectivity index (χ2v) is 8.95. The van der Waals surface area contributed by atoms with Gasteiger partial charge in [-0.3, -0.25) is 4.98 Å². The van der Waals surface area contributed by atoms with E-state index in [2.05, 4.69) is 23.6 Å². The number of hydrogen-bond donors (Lipinski definition) is 1. The van der Waals surface area contributed by atoms with E-state index in [1.807, 2.05) is 30.3 Å². The molecule has 2 heterocycles. The van der Waals surface area contributed by atoms with Crippen LogP contribution in [-0.4, -0.2) is 43.9 Å². The van der Waals surface area contributed by atoms with E-state index in [0.717, 1.165) is 23.1 Å². The number of rotatable bonds is 7. The summed E-state index contributed by atoms with van der Waals surface area (Å²) in [6, 6.07) is 9.69. The van der Waals surface area contributed by atoms with Gasteiger partial charge in [-0.05, 0) is 36.8 Å². The van der Waals surface area contributed by atoms with Crippen molar-refractivity contribution in [2.75, 3.05) is 26.2 Å². The van der Waals surface area contributed by atoms with E-state index in [-0.39, 0.29) is 0 Å². The molecule has 0 radical (unpaired) electrons. The van der Waals surface area contributed by atoms with Crippen molar-refractivity contribution in [3.8, 4) is 5.75 Å². The van der Waals surface area contributed by atoms with Gasteiger partial charge in [-0.25, -0.2) is 4.72 Å². The fourth-order valence-corrected chi connectivity index (χ4v) is 5.03. The van der Waals surface area contributed by atoms with Crippen molar-refractivity contribution in [3.05, 3.63) is 36.5 Å². The van der Waals surface area contributed by atoms with Crippen molar-refractivity contribution in [1.82, 2.24) is 14.0 Å². The zero-order valence-electron chi connectivity index (χ0n) is 15.4. The van der Waals surface area contributed by atoms with Crippen LogP contribution >= 0.6 is 0 Å². The molecule has 2 unspecified atom stereocenters. The average Bonchev–Trinajstić information content (AvgIpc) is 2.60. The maximum atomic E-state index is 12.4. The molecule has 1 aliphatic heterocycles. The fourth-order valence-electron chi connectivity index (χ4n) is 3.54. The molecule has 3 rings (SSSR count). The van der Waals surface area contributed by atoms with E-state index in [4.69, 9.17) is 4.74 Å². The lowest BCUT2D eigenvalue weighted by Crippen LogP contribution is -2.48. The molecule has 0 amide bonds. The first-order chi connectivity index (χ1) is 12.5. The Morgan fingerprint density at radius 3 is 2.69 bits per heavy atom. The van der Waals surface area contributed by atoms with Crippen LogP contribution in [0.3, 0.4) is 0 Å². The quantitative estimate of drug-likeness (QED) is 0.753. The summed E-state index contributed by atoms with van der Waals surface area (Å²) in [4.78, 5) is 4.35. The molecule has 7 heteroatoms. The zero-order valence-corrected chi connectivity index (χ0v) is 16.2. The largest absolute Gasteiger partial charge is 0.491 e. The molecule has 1 aromatic carbocycles. The number of nitrogens with zero attached hydrogens (tertiary/aromatic N) is 2. The minimum Gasteiger partial charge on any atom is -0.491 e. The van der Waals surface area contributed by atoms with Crippen LogP contribution in [0.25, 0.3) is 10.9 Å². The van der Waals surface area contributed by atoms with E-state index in [9.17, 15) is 8.42 Å². The summed E-state index contributed by atoms with van der Waals surface area (Å²) < 4.78 is 35.0. The summed E-state index contributed by atoms with van der Waals surface area (Å²) in [6.07, 6.45) is 3.42. The van der Waals surface area contributed by atoms with Crippen LogP contribution in [0, 0.1) is 11.8 Å². The highest BCUT2D eigenvalue weighted by Crippen LogP contribution is 2.23. The SMILES string of the molecule is CC1CC(C)CN(S(=O)(=O)NCCCOc2cccc3cccnc23)C1. The number of ether oxygens (including phenoxy) is 1. The highest BCUT2D eigenvalue weighted by atomic mass is 32.2. The second kappa shape index (κ2) is 8.33. The lowest BCUT2D eigenvalue weighted by molar-refractivity contribution is 0.220. The Morgan fingerprint density at radius 1 is 1.19 bits per heavy atom. The third-order valence-corrected chi connectivity index (χ3v) is 6.18. The Labute approximate surface area is 155 Å². The predicted molar refractivity (Wildman–Crippen MR) is 103 cm³/mol. The van der Waals surface area contributed by atoms with Crippen LogP contribution in [0.4, 0.5) is 0 Å². The van der Waals surface area contributed by atoms with Crippen molar-refractivity contribution >= 4 is 21.1 Å². The maximum absolute atomic E-state index is 12.4. The highest BCUT2D eigenvalue weighted by molar-refractivity contribution is 7.87. The minimum atomic E-state index is -3.41. The van der Waals surface area contributed by atoms with Crippen LogP contribution in [0.1, 0.15) is 26.7 Å². The summed E-state index contributed by atoms with van der Waals surface area (Å²) >= 11 is 0. The van der Waals surface area contributed by atoms with Gasteiger partial charge in [0.15, 0.2) is 0 Å². The molecule has 6 nitrogen and oxygen atoms in total. The molecule has 0 spiro atoms. The molecule has 1 N–H and O–H groups in total. The zero-order chi connectivity index (χ0) is 18.6. The molecule has 1 aliphatic rings. The van der Waals surface area contributed by atoms with Crippen LogP contribution in [0.2, 0.25) is 0 Å². The Hall–Kier alpha value is -1.70. The summed E-state index contributed by atoms with van der Waals surface area (Å²) in [5, 5.41) is 1.03. The number of nitrogens with one attached hydrogen (secondary N) is 1. The number of piperidine rings is 1. The summed E-state index contributed by atoms with van der Waals surface area (Å²) in [6.45, 7) is 6.19. The Morgan fingerprint density at radius 2 is 1.92 bits per heavy atom. The average molecular weight is 378 g/mol. The molecule has 0 saturated carbocycles. The number of para-hydroxylation sites is 1. The number of fused-ring (bicyclic) bond motifs is 1. The van der Waals surface area contributed by atoms with Crippen molar-refractivity contribution in [1.29, 1.82) is 0 Å². The minimum absolute atomic E-state index is 0.361. The van der Waals surface area contributed by atoms with Crippen molar-refractivity contribution in [3.63, 3.8) is 0 Å². The number of benzene rings is 1. The van der Waals surface area contributed by atoms with Gasteiger partial charge in [0.2, 0.25) is 0 Å². The van der Waals surface area contributed by atoms with E-state index in [1.165, 1.54) is 0 Å². The Bertz CT molecular complexity index is 826. The first-order valence-corrected chi connectivity index (χ1v) is 10.6. The van der Waals surface area contributed by atoms with Gasteiger partial charge in [0.1, 0.15) is 11.3 Å².